The average molecular weight is 327 g/mol. The van der Waals surface area contributed by atoms with Gasteiger partial charge in [0.2, 0.25) is 10.0 Å². The summed E-state index contributed by atoms with van der Waals surface area (Å²) in [6.07, 6.45) is 0.955. The molecule has 1 heterocycles. The highest BCUT2D eigenvalue weighted by Crippen LogP contribution is 2.24. The number of sulfonamides is 1. The summed E-state index contributed by atoms with van der Waals surface area (Å²) in [7, 11) is -2.62. The number of hydrogen-bond donors (Lipinski definition) is 1. The second-order valence-corrected chi connectivity index (χ2v) is 7.00. The predicted molar refractivity (Wildman–Crippen MR) is 76.9 cm³/mol. The van der Waals surface area contributed by atoms with Crippen LogP contribution in [0.5, 0.6) is 0 Å². The van der Waals surface area contributed by atoms with Crippen molar-refractivity contribution in [1.82, 2.24) is 4.31 Å². The average Bonchev–Trinajstić information content (AvgIpc) is 2.54. The lowest BCUT2D eigenvalue weighted by molar-refractivity contribution is -0.142. The maximum Gasteiger partial charge on any atom is 0.337 e. The van der Waals surface area contributed by atoms with Crippen molar-refractivity contribution in [2.45, 2.75) is 17.7 Å². The largest absolute Gasteiger partial charge is 0.481 e. The number of methoxy groups -OCH3 is 1. The second-order valence-electron chi connectivity index (χ2n) is 5.06. The van der Waals surface area contributed by atoms with Crippen molar-refractivity contribution >= 4 is 22.0 Å². The molecule has 0 bridgehead atoms. The Labute approximate surface area is 128 Å². The Bertz CT molecular complexity index is 684. The van der Waals surface area contributed by atoms with Gasteiger partial charge in [0.25, 0.3) is 0 Å². The van der Waals surface area contributed by atoms with Crippen LogP contribution in [-0.2, 0) is 19.6 Å². The fourth-order valence-corrected chi connectivity index (χ4v) is 3.98. The van der Waals surface area contributed by atoms with Gasteiger partial charge in [-0.25, -0.2) is 13.2 Å². The molecule has 1 aliphatic rings. The zero-order valence-electron chi connectivity index (χ0n) is 12.1. The Balaban J connectivity index is 2.30. The summed E-state index contributed by atoms with van der Waals surface area (Å²) in [5.74, 6) is -2.32. The Kier molecular flexibility index (Phi) is 4.82. The van der Waals surface area contributed by atoms with E-state index in [-0.39, 0.29) is 23.5 Å². The summed E-state index contributed by atoms with van der Waals surface area (Å²) in [6, 6.07) is 5.54. The molecule has 1 aromatic rings. The smallest absolute Gasteiger partial charge is 0.337 e. The number of aliphatic carboxylic acids is 1. The molecule has 0 aromatic heterocycles. The molecule has 0 aliphatic carbocycles. The normalized spacial score (nSPS) is 19.6. The number of carbonyl (C=O) groups is 2. The van der Waals surface area contributed by atoms with Crippen LogP contribution in [0.4, 0.5) is 0 Å². The number of nitrogens with zero attached hydrogens (tertiary/aromatic N) is 1. The first kappa shape index (κ1) is 16.4. The number of carbonyl (C=O) groups excluding carboxylic acids is 1. The van der Waals surface area contributed by atoms with Gasteiger partial charge in [0.05, 0.1) is 23.5 Å². The fraction of sp³-hybridized carbons (Fsp3) is 0.429. The monoisotopic (exact) mass is 327 g/mol. The lowest BCUT2D eigenvalue weighted by atomic mass is 10.0. The molecule has 2 rings (SSSR count). The van der Waals surface area contributed by atoms with Crippen molar-refractivity contribution in [2.24, 2.45) is 5.92 Å². The summed E-state index contributed by atoms with van der Waals surface area (Å²) < 4.78 is 30.9. The van der Waals surface area contributed by atoms with Crippen LogP contribution in [0, 0.1) is 5.92 Å². The zero-order chi connectivity index (χ0) is 16.3. The highest BCUT2D eigenvalue weighted by Gasteiger charge is 2.33. The number of hydrogen-bond acceptors (Lipinski definition) is 5. The molecule has 0 spiro atoms. The molecule has 1 N–H and O–H groups in total. The minimum absolute atomic E-state index is 0.0403. The Hall–Kier alpha value is -1.93. The van der Waals surface area contributed by atoms with Crippen LogP contribution < -0.4 is 0 Å². The van der Waals surface area contributed by atoms with E-state index in [1.54, 1.807) is 0 Å². The van der Waals surface area contributed by atoms with Gasteiger partial charge < -0.3 is 9.84 Å². The van der Waals surface area contributed by atoms with E-state index >= 15 is 0 Å². The van der Waals surface area contributed by atoms with Crippen molar-refractivity contribution in [3.63, 3.8) is 0 Å². The molecule has 0 radical (unpaired) electrons. The molecule has 1 aromatic carbocycles. The van der Waals surface area contributed by atoms with E-state index in [1.807, 2.05) is 0 Å². The molecular weight excluding hydrogens is 310 g/mol. The topological polar surface area (TPSA) is 101 Å². The SMILES string of the molecule is COC(=O)c1cccc(S(=O)(=O)N2CCCC(C(=O)O)C2)c1. The van der Waals surface area contributed by atoms with Crippen molar-refractivity contribution in [3.05, 3.63) is 29.8 Å². The first-order valence-electron chi connectivity index (χ1n) is 6.77. The molecular formula is C14H17NO6S. The minimum atomic E-state index is -3.83. The first-order valence-corrected chi connectivity index (χ1v) is 8.21. The quantitative estimate of drug-likeness (QED) is 0.827. The van der Waals surface area contributed by atoms with Gasteiger partial charge in [-0.2, -0.15) is 4.31 Å². The lowest BCUT2D eigenvalue weighted by Crippen LogP contribution is -2.42. The number of benzene rings is 1. The van der Waals surface area contributed by atoms with Gasteiger partial charge in [-0.05, 0) is 31.0 Å². The molecule has 0 saturated carbocycles. The third kappa shape index (κ3) is 3.28. The third-order valence-electron chi connectivity index (χ3n) is 3.63. The Morgan fingerprint density at radius 3 is 2.73 bits per heavy atom. The molecule has 0 amide bonds. The molecule has 7 nitrogen and oxygen atoms in total. The number of carboxylic acids is 1. The maximum atomic E-state index is 12.6. The molecule has 1 aliphatic heterocycles. The lowest BCUT2D eigenvalue weighted by Gasteiger charge is -2.29. The van der Waals surface area contributed by atoms with Gasteiger partial charge in [-0.3, -0.25) is 4.79 Å². The van der Waals surface area contributed by atoms with Crippen molar-refractivity contribution in [3.8, 4) is 0 Å². The summed E-state index contributed by atoms with van der Waals surface area (Å²) in [4.78, 5) is 22.5. The van der Waals surface area contributed by atoms with E-state index in [4.69, 9.17) is 5.11 Å². The Morgan fingerprint density at radius 2 is 2.09 bits per heavy atom. The van der Waals surface area contributed by atoms with Crippen LogP contribution in [0.2, 0.25) is 0 Å². The number of esters is 1. The molecule has 22 heavy (non-hydrogen) atoms. The van der Waals surface area contributed by atoms with Crippen molar-refractivity contribution < 1.29 is 27.9 Å². The zero-order valence-corrected chi connectivity index (χ0v) is 12.9. The van der Waals surface area contributed by atoms with E-state index in [1.165, 1.54) is 31.4 Å². The standard InChI is InChI=1S/C14H17NO6S/c1-21-14(18)10-4-2-6-12(8-10)22(19,20)15-7-3-5-11(9-15)13(16)17/h2,4,6,8,11H,3,5,7,9H2,1H3,(H,16,17). The molecule has 1 fully saturated rings. The van der Waals surface area contributed by atoms with Gasteiger partial charge in [0.1, 0.15) is 0 Å². The number of rotatable bonds is 4. The number of carboxylic acid groups (broad SMARTS) is 1. The minimum Gasteiger partial charge on any atom is -0.481 e. The van der Waals surface area contributed by atoms with Gasteiger partial charge >= 0.3 is 11.9 Å². The first-order chi connectivity index (χ1) is 10.4. The van der Waals surface area contributed by atoms with Crippen molar-refractivity contribution in [1.29, 1.82) is 0 Å². The van der Waals surface area contributed by atoms with Crippen LogP contribution >= 0.6 is 0 Å². The maximum absolute atomic E-state index is 12.6. The van der Waals surface area contributed by atoms with E-state index in [0.29, 0.717) is 12.8 Å². The molecule has 1 unspecified atom stereocenters. The summed E-state index contributed by atoms with van der Waals surface area (Å²) in [6.45, 7) is 0.217. The third-order valence-corrected chi connectivity index (χ3v) is 5.49. The second kappa shape index (κ2) is 6.45. The highest BCUT2D eigenvalue weighted by molar-refractivity contribution is 7.89. The number of ether oxygens (including phenoxy) is 1. The van der Waals surface area contributed by atoms with Crippen LogP contribution in [-0.4, -0.2) is 50.0 Å². The summed E-state index contributed by atoms with van der Waals surface area (Å²) >= 11 is 0. The predicted octanol–water partition coefficient (Wildman–Crippen LogP) is 0.958. The summed E-state index contributed by atoms with van der Waals surface area (Å²) in [5, 5.41) is 9.06. The van der Waals surface area contributed by atoms with Gasteiger partial charge in [-0.15, -0.1) is 0 Å². The molecule has 1 saturated heterocycles. The van der Waals surface area contributed by atoms with Gasteiger partial charge in [0.15, 0.2) is 0 Å². The van der Waals surface area contributed by atoms with Crippen LogP contribution in [0.3, 0.4) is 0 Å². The number of piperidine rings is 1. The molecule has 1 atom stereocenters. The van der Waals surface area contributed by atoms with Gasteiger partial charge in [-0.1, -0.05) is 6.07 Å². The van der Waals surface area contributed by atoms with E-state index in [0.717, 1.165) is 4.31 Å². The highest BCUT2D eigenvalue weighted by atomic mass is 32.2. The van der Waals surface area contributed by atoms with Gasteiger partial charge in [0, 0.05) is 13.1 Å². The summed E-state index contributed by atoms with van der Waals surface area (Å²) in [5.41, 5.74) is 0.135. The van der Waals surface area contributed by atoms with Crippen molar-refractivity contribution in [2.75, 3.05) is 20.2 Å². The van der Waals surface area contributed by atoms with E-state index < -0.39 is 27.9 Å². The van der Waals surface area contributed by atoms with Crippen LogP contribution in [0.25, 0.3) is 0 Å². The van der Waals surface area contributed by atoms with E-state index in [9.17, 15) is 18.0 Å². The van der Waals surface area contributed by atoms with E-state index in [2.05, 4.69) is 4.74 Å². The Morgan fingerprint density at radius 1 is 1.36 bits per heavy atom. The fourth-order valence-electron chi connectivity index (χ4n) is 2.41. The molecule has 120 valence electrons. The van der Waals surface area contributed by atoms with Crippen LogP contribution in [0.1, 0.15) is 23.2 Å². The van der Waals surface area contributed by atoms with Crippen LogP contribution in [0.15, 0.2) is 29.2 Å². The molecule has 8 heteroatoms.